The first-order chi connectivity index (χ1) is 13.5. The largest absolute Gasteiger partial charge is 0.304 e. The maximum absolute atomic E-state index is 13.3. The molecule has 7 nitrogen and oxygen atoms in total. The summed E-state index contributed by atoms with van der Waals surface area (Å²) in [5.74, 6) is 1.16. The van der Waals surface area contributed by atoms with Crippen LogP contribution in [0.25, 0.3) is 11.0 Å². The van der Waals surface area contributed by atoms with Gasteiger partial charge in [-0.2, -0.15) is 5.10 Å². The number of nitrogens with one attached hydrogen (secondary N) is 1. The Morgan fingerprint density at radius 1 is 1.11 bits per heavy atom. The van der Waals surface area contributed by atoms with Gasteiger partial charge in [-0.25, -0.2) is 4.98 Å². The van der Waals surface area contributed by atoms with Gasteiger partial charge in [-0.05, 0) is 18.5 Å². The molecule has 1 saturated heterocycles. The van der Waals surface area contributed by atoms with Gasteiger partial charge in [0.05, 0.1) is 18.8 Å². The summed E-state index contributed by atoms with van der Waals surface area (Å²) in [4.78, 5) is 23.0. The fourth-order valence-corrected chi connectivity index (χ4v) is 4.07. The van der Waals surface area contributed by atoms with Gasteiger partial charge in [0.15, 0.2) is 5.65 Å². The lowest BCUT2D eigenvalue weighted by atomic mass is 10.00. The molecule has 1 unspecified atom stereocenters. The number of aromatic amines is 1. The van der Waals surface area contributed by atoms with Crippen LogP contribution < -0.4 is 5.56 Å². The minimum absolute atomic E-state index is 0.0302. The van der Waals surface area contributed by atoms with Crippen molar-refractivity contribution in [3.05, 3.63) is 58.3 Å². The minimum atomic E-state index is -0.0302. The van der Waals surface area contributed by atoms with Gasteiger partial charge in [0, 0.05) is 26.2 Å². The van der Waals surface area contributed by atoms with Crippen LogP contribution in [0.5, 0.6) is 0 Å². The molecule has 1 aromatic carbocycles. The van der Waals surface area contributed by atoms with E-state index in [1.165, 1.54) is 0 Å². The number of hydrogen-bond donors (Lipinski definition) is 1. The van der Waals surface area contributed by atoms with E-state index < -0.39 is 0 Å². The number of likely N-dealkylation sites (N-methyl/N-ethyl adjacent to an activating group) is 1. The highest BCUT2D eigenvalue weighted by Crippen LogP contribution is 2.28. The zero-order valence-electron chi connectivity index (χ0n) is 16.8. The molecule has 7 heteroatoms. The molecule has 1 fully saturated rings. The topological polar surface area (TPSA) is 70.0 Å². The van der Waals surface area contributed by atoms with Crippen molar-refractivity contribution in [2.24, 2.45) is 5.92 Å². The van der Waals surface area contributed by atoms with Crippen LogP contribution in [0.2, 0.25) is 0 Å². The van der Waals surface area contributed by atoms with Gasteiger partial charge in [-0.1, -0.05) is 44.2 Å². The third-order valence-corrected chi connectivity index (χ3v) is 5.61. The number of piperazine rings is 1. The summed E-state index contributed by atoms with van der Waals surface area (Å²) < 4.78 is 1.84. The van der Waals surface area contributed by atoms with Crippen molar-refractivity contribution in [2.75, 3.05) is 33.2 Å². The molecular formula is C21H28N6O. The van der Waals surface area contributed by atoms with Crippen molar-refractivity contribution >= 4 is 11.0 Å². The fraction of sp³-hybridized carbons (Fsp3) is 0.476. The SMILES string of the molecule is CC(C)C(c1nc2[nH]ncc2c(=O)n1Cc1ccccc1)N1CCN(C)CC1. The van der Waals surface area contributed by atoms with Crippen molar-refractivity contribution < 1.29 is 0 Å². The molecule has 4 rings (SSSR count). The molecule has 2 aromatic heterocycles. The van der Waals surface area contributed by atoms with Gasteiger partial charge >= 0.3 is 0 Å². The maximum atomic E-state index is 13.3. The first-order valence-electron chi connectivity index (χ1n) is 9.95. The molecule has 1 aliphatic heterocycles. The van der Waals surface area contributed by atoms with Crippen molar-refractivity contribution in [1.82, 2.24) is 29.5 Å². The Morgan fingerprint density at radius 2 is 1.82 bits per heavy atom. The van der Waals surface area contributed by atoms with E-state index in [0.717, 1.165) is 37.6 Å². The molecule has 28 heavy (non-hydrogen) atoms. The Morgan fingerprint density at radius 3 is 2.50 bits per heavy atom. The number of aromatic nitrogens is 4. The van der Waals surface area contributed by atoms with Crippen LogP contribution >= 0.6 is 0 Å². The molecule has 0 bridgehead atoms. The lowest BCUT2D eigenvalue weighted by Crippen LogP contribution is -2.48. The van der Waals surface area contributed by atoms with Crippen LogP contribution in [-0.2, 0) is 6.54 Å². The summed E-state index contributed by atoms with van der Waals surface area (Å²) in [6.45, 7) is 8.93. The first-order valence-corrected chi connectivity index (χ1v) is 9.95. The van der Waals surface area contributed by atoms with Crippen LogP contribution in [0.15, 0.2) is 41.3 Å². The van der Waals surface area contributed by atoms with Crippen molar-refractivity contribution in [2.45, 2.75) is 26.4 Å². The second kappa shape index (κ2) is 7.85. The van der Waals surface area contributed by atoms with Gasteiger partial charge in [-0.15, -0.1) is 0 Å². The highest BCUT2D eigenvalue weighted by molar-refractivity contribution is 5.72. The Balaban J connectivity index is 1.83. The summed E-state index contributed by atoms with van der Waals surface area (Å²) in [5, 5.41) is 7.49. The van der Waals surface area contributed by atoms with E-state index in [9.17, 15) is 4.79 Å². The van der Waals surface area contributed by atoms with Crippen molar-refractivity contribution in [1.29, 1.82) is 0 Å². The molecule has 1 atom stereocenters. The van der Waals surface area contributed by atoms with E-state index in [2.05, 4.69) is 53.0 Å². The number of nitrogens with zero attached hydrogens (tertiary/aromatic N) is 5. The molecule has 148 valence electrons. The summed E-state index contributed by atoms with van der Waals surface area (Å²) in [5.41, 5.74) is 1.64. The quantitative estimate of drug-likeness (QED) is 0.734. The molecule has 0 aliphatic carbocycles. The molecule has 0 radical (unpaired) electrons. The smallest absolute Gasteiger partial charge is 0.265 e. The van der Waals surface area contributed by atoms with Crippen molar-refractivity contribution in [3.8, 4) is 0 Å². The molecule has 0 spiro atoms. The summed E-state index contributed by atoms with van der Waals surface area (Å²) in [6, 6.07) is 10.2. The minimum Gasteiger partial charge on any atom is -0.304 e. The van der Waals surface area contributed by atoms with Crippen LogP contribution in [0, 0.1) is 5.92 Å². The summed E-state index contributed by atoms with van der Waals surface area (Å²) in [6.07, 6.45) is 1.58. The van der Waals surface area contributed by atoms with Crippen molar-refractivity contribution in [3.63, 3.8) is 0 Å². The average molecular weight is 380 g/mol. The maximum Gasteiger partial charge on any atom is 0.265 e. The number of rotatable bonds is 5. The number of fused-ring (bicyclic) bond motifs is 1. The highest BCUT2D eigenvalue weighted by Gasteiger charge is 2.31. The predicted molar refractivity (Wildman–Crippen MR) is 110 cm³/mol. The monoisotopic (exact) mass is 380 g/mol. The first kappa shape index (κ1) is 18.8. The molecule has 0 saturated carbocycles. The molecule has 3 heterocycles. The summed E-state index contributed by atoms with van der Waals surface area (Å²) >= 11 is 0. The predicted octanol–water partition coefficient (Wildman–Crippen LogP) is 2.11. The van der Waals surface area contributed by atoms with Gasteiger partial charge in [0.1, 0.15) is 11.2 Å². The van der Waals surface area contributed by atoms with E-state index in [4.69, 9.17) is 4.98 Å². The zero-order valence-corrected chi connectivity index (χ0v) is 16.8. The summed E-state index contributed by atoms with van der Waals surface area (Å²) in [7, 11) is 2.15. The molecule has 1 N–H and O–H groups in total. The Labute approximate surface area is 165 Å². The Hall–Kier alpha value is -2.51. The molecular weight excluding hydrogens is 352 g/mol. The standard InChI is InChI=1S/C21H28N6O/c1-15(2)18(26-11-9-25(3)10-12-26)20-23-19-17(13-22-24-19)21(28)27(20)14-16-7-5-4-6-8-16/h4-8,13,15,18H,9-12,14H2,1-3H3,(H,22,24). The Kier molecular flexibility index (Phi) is 5.28. The van der Waals surface area contributed by atoms with Crippen LogP contribution in [0.3, 0.4) is 0 Å². The second-order valence-electron chi connectivity index (χ2n) is 8.01. The third-order valence-electron chi connectivity index (χ3n) is 5.61. The lowest BCUT2D eigenvalue weighted by molar-refractivity contribution is 0.0812. The van der Waals surface area contributed by atoms with E-state index in [-0.39, 0.29) is 11.6 Å². The normalized spacial score (nSPS) is 17.4. The van der Waals surface area contributed by atoms with E-state index in [1.807, 2.05) is 22.8 Å². The van der Waals surface area contributed by atoms with Crippen LogP contribution in [0.4, 0.5) is 0 Å². The number of hydrogen-bond acceptors (Lipinski definition) is 5. The van der Waals surface area contributed by atoms with Gasteiger partial charge in [-0.3, -0.25) is 19.4 Å². The van der Waals surface area contributed by atoms with Gasteiger partial charge in [0.2, 0.25) is 0 Å². The second-order valence-corrected chi connectivity index (χ2v) is 8.01. The third kappa shape index (κ3) is 3.59. The number of benzene rings is 1. The van der Waals surface area contributed by atoms with E-state index >= 15 is 0 Å². The van der Waals surface area contributed by atoms with Gasteiger partial charge < -0.3 is 4.90 Å². The van der Waals surface area contributed by atoms with E-state index in [1.54, 1.807) is 6.20 Å². The van der Waals surface area contributed by atoms with Crippen LogP contribution in [0.1, 0.15) is 31.3 Å². The fourth-order valence-electron chi connectivity index (χ4n) is 4.07. The Bertz CT molecular complexity index is 985. The molecule has 3 aromatic rings. The van der Waals surface area contributed by atoms with Gasteiger partial charge in [0.25, 0.3) is 5.56 Å². The highest BCUT2D eigenvalue weighted by atomic mass is 16.1. The molecule has 0 amide bonds. The van der Waals surface area contributed by atoms with E-state index in [0.29, 0.717) is 23.5 Å². The average Bonchev–Trinajstić information content (AvgIpc) is 3.16. The zero-order chi connectivity index (χ0) is 19.7. The molecule has 1 aliphatic rings. The number of H-pyrrole nitrogens is 1. The lowest BCUT2D eigenvalue weighted by Gasteiger charge is -2.40. The van der Waals surface area contributed by atoms with Crippen LogP contribution in [-0.4, -0.2) is 62.8 Å².